The van der Waals surface area contributed by atoms with E-state index in [1.165, 1.54) is 0 Å². The number of hydrogen-bond donors (Lipinski definition) is 0. The van der Waals surface area contributed by atoms with Gasteiger partial charge in [-0.2, -0.15) is 22.9 Å². The zero-order valence-corrected chi connectivity index (χ0v) is 38.7. The van der Waals surface area contributed by atoms with Crippen LogP contribution in [0.2, 0.25) is 0 Å². The van der Waals surface area contributed by atoms with Crippen molar-refractivity contribution in [1.29, 1.82) is 0 Å². The van der Waals surface area contributed by atoms with Crippen molar-refractivity contribution in [2.24, 2.45) is 0 Å². The minimum absolute atomic E-state index is 0. The van der Waals surface area contributed by atoms with Crippen molar-refractivity contribution in [3.05, 3.63) is 175 Å². The Morgan fingerprint density at radius 3 is 1.31 bits per heavy atom. The van der Waals surface area contributed by atoms with Crippen molar-refractivity contribution < 1.29 is 51.6 Å². The van der Waals surface area contributed by atoms with Gasteiger partial charge in [-0.1, -0.05) is 95.2 Å². The Hall–Kier alpha value is -7.06. The Balaban J connectivity index is 0.00000242. The molecule has 64 heavy (non-hydrogen) atoms. The van der Waals surface area contributed by atoms with Crippen LogP contribution in [0.4, 0.5) is 0 Å². The molecular weight excluding hydrogens is 1160 g/mol. The van der Waals surface area contributed by atoms with Gasteiger partial charge in [0.2, 0.25) is 0 Å². The Morgan fingerprint density at radius 1 is 0.422 bits per heavy atom. The molecule has 0 spiro atoms. The molecule has 0 aliphatic heterocycles. The zero-order chi connectivity index (χ0) is 41.5. The fraction of sp³-hybridized carbons (Fsp3) is 0.0588. The SMILES string of the molecule is Cc1nnc(-n2c3[c-]c(Oc4[c-]c5c(c(C)c4)c4ccccc4n5-c4ccccn4)ccc3c3ccc(Oc4[c-]c5c(c(C)c4)c4ccccc4n5-c4ccccn4)[c-]c32)nn1.[Pt+2].[Pt+2]. The van der Waals surface area contributed by atoms with Crippen LogP contribution < -0.4 is 9.47 Å². The number of nitrogens with zero attached hydrogens (tertiary/aromatic N) is 9. The molecule has 12 aromatic rings. The quantitative estimate of drug-likeness (QED) is 0.145. The third-order valence-electron chi connectivity index (χ3n) is 11.2. The maximum absolute atomic E-state index is 6.60. The Labute approximate surface area is 394 Å². The van der Waals surface area contributed by atoms with Crippen LogP contribution in [0.15, 0.2) is 134 Å². The summed E-state index contributed by atoms with van der Waals surface area (Å²) < 4.78 is 19.3. The number of aryl methyl sites for hydroxylation is 3. The second kappa shape index (κ2) is 16.2. The summed E-state index contributed by atoms with van der Waals surface area (Å²) in [6.07, 6.45) is 3.59. The molecule has 312 valence electrons. The first-order valence-corrected chi connectivity index (χ1v) is 20.0. The average molecular weight is 1190 g/mol. The number of pyridine rings is 2. The number of ether oxygens (including phenoxy) is 2. The van der Waals surface area contributed by atoms with E-state index >= 15 is 0 Å². The summed E-state index contributed by atoms with van der Waals surface area (Å²) in [5.74, 6) is 4.32. The van der Waals surface area contributed by atoms with Crippen LogP contribution in [-0.2, 0) is 42.1 Å². The van der Waals surface area contributed by atoms with Gasteiger partial charge in [-0.15, -0.1) is 80.1 Å². The van der Waals surface area contributed by atoms with Crippen LogP contribution in [0, 0.1) is 45.0 Å². The van der Waals surface area contributed by atoms with Gasteiger partial charge >= 0.3 is 42.1 Å². The summed E-state index contributed by atoms with van der Waals surface area (Å²) in [4.78, 5) is 9.37. The minimum Gasteiger partial charge on any atom is -0.509 e. The van der Waals surface area contributed by atoms with Gasteiger partial charge in [0, 0.05) is 46.4 Å². The molecule has 0 unspecified atom stereocenters. The van der Waals surface area contributed by atoms with Crippen LogP contribution >= 0.6 is 0 Å². The number of rotatable bonds is 7. The fourth-order valence-electron chi connectivity index (χ4n) is 8.66. The first-order valence-electron chi connectivity index (χ1n) is 20.0. The number of para-hydroxylation sites is 2. The van der Waals surface area contributed by atoms with E-state index in [-0.39, 0.29) is 48.1 Å². The fourth-order valence-corrected chi connectivity index (χ4v) is 8.66. The van der Waals surface area contributed by atoms with Gasteiger partial charge < -0.3 is 23.2 Å². The van der Waals surface area contributed by atoms with Crippen molar-refractivity contribution >= 4 is 65.4 Å². The van der Waals surface area contributed by atoms with E-state index in [1.54, 1.807) is 19.3 Å². The molecule has 0 N–H and O–H groups in total. The van der Waals surface area contributed by atoms with E-state index in [0.29, 0.717) is 39.9 Å². The van der Waals surface area contributed by atoms with Gasteiger partial charge in [0.1, 0.15) is 11.6 Å². The molecule has 0 aliphatic rings. The van der Waals surface area contributed by atoms with E-state index in [0.717, 1.165) is 77.1 Å². The van der Waals surface area contributed by atoms with Gasteiger partial charge in [0.25, 0.3) is 5.95 Å². The summed E-state index contributed by atoms with van der Waals surface area (Å²) in [5, 5.41) is 23.6. The molecule has 13 heteroatoms. The Kier molecular flexibility index (Phi) is 10.4. The summed E-state index contributed by atoms with van der Waals surface area (Å²) in [6, 6.07) is 54.4. The first kappa shape index (κ1) is 41.0. The maximum Gasteiger partial charge on any atom is 2.00 e. The first-order chi connectivity index (χ1) is 30.5. The molecule has 0 radical (unpaired) electrons. The predicted octanol–water partition coefficient (Wildman–Crippen LogP) is 11.1. The van der Waals surface area contributed by atoms with Gasteiger partial charge in [0.05, 0.1) is 0 Å². The maximum atomic E-state index is 6.60. The number of hydrogen-bond acceptors (Lipinski definition) is 8. The third-order valence-corrected chi connectivity index (χ3v) is 11.2. The van der Waals surface area contributed by atoms with E-state index in [9.17, 15) is 0 Å². The molecule has 0 aliphatic carbocycles. The normalized spacial score (nSPS) is 11.4. The minimum atomic E-state index is 0. The van der Waals surface area contributed by atoms with Gasteiger partial charge in [-0.05, 0) is 54.1 Å². The van der Waals surface area contributed by atoms with Gasteiger partial charge in [-0.25, -0.2) is 9.97 Å². The second-order valence-electron chi connectivity index (χ2n) is 15.1. The van der Waals surface area contributed by atoms with E-state index in [1.807, 2.05) is 89.5 Å². The van der Waals surface area contributed by atoms with Crippen LogP contribution in [-0.4, -0.2) is 44.1 Å². The molecule has 0 amide bonds. The number of aromatic nitrogens is 9. The largest absolute Gasteiger partial charge is 2.00 e. The molecule has 12 rings (SSSR count). The van der Waals surface area contributed by atoms with Crippen LogP contribution in [0.3, 0.4) is 0 Å². The van der Waals surface area contributed by atoms with Crippen molar-refractivity contribution in [2.75, 3.05) is 0 Å². The molecular formula is C51H31N9O2Pt2. The van der Waals surface area contributed by atoms with Crippen LogP contribution in [0.25, 0.3) is 83.0 Å². The summed E-state index contributed by atoms with van der Waals surface area (Å²) in [5.41, 5.74) is 7.22. The molecule has 11 nitrogen and oxygen atoms in total. The summed E-state index contributed by atoms with van der Waals surface area (Å²) >= 11 is 0. The van der Waals surface area contributed by atoms with E-state index in [2.05, 4.69) is 114 Å². The molecule has 0 atom stereocenters. The standard InChI is InChI=1S/C51H31N9O2.2Pt/c1-30-24-35(28-45-49(30)39-12-4-6-14-41(39)58(45)47-16-8-10-22-52-47)61-33-18-20-37-38-21-19-34(27-44(38)60(43(37)26-33)51-56-54-32(3)55-57-51)62-36-25-31(2)50-40-13-5-7-15-42(40)59(46(50)29-36)48-17-9-11-23-53-48;;/h4-25H,1-3H3;;/q-4;2*+2. The van der Waals surface area contributed by atoms with Gasteiger partial charge in [-0.3, -0.25) is 0 Å². The summed E-state index contributed by atoms with van der Waals surface area (Å²) in [6.45, 7) is 5.92. The van der Waals surface area contributed by atoms with E-state index < -0.39 is 0 Å². The molecule has 6 aromatic carbocycles. The monoisotopic (exact) mass is 1190 g/mol. The number of benzene rings is 6. The molecule has 6 aromatic heterocycles. The molecule has 0 fully saturated rings. The van der Waals surface area contributed by atoms with Crippen molar-refractivity contribution in [2.45, 2.75) is 20.8 Å². The van der Waals surface area contributed by atoms with Crippen molar-refractivity contribution in [3.8, 4) is 40.6 Å². The van der Waals surface area contributed by atoms with E-state index in [4.69, 9.17) is 9.47 Å². The van der Waals surface area contributed by atoms with Gasteiger partial charge in [0.15, 0.2) is 5.82 Å². The molecule has 0 bridgehead atoms. The topological polar surface area (TPSA) is 111 Å². The molecule has 0 saturated heterocycles. The predicted molar refractivity (Wildman–Crippen MR) is 239 cm³/mol. The molecule has 6 heterocycles. The Morgan fingerprint density at radius 2 is 0.859 bits per heavy atom. The van der Waals surface area contributed by atoms with Crippen molar-refractivity contribution in [1.82, 2.24) is 44.1 Å². The average Bonchev–Trinajstić information content (AvgIpc) is 3.93. The van der Waals surface area contributed by atoms with Crippen LogP contribution in [0.1, 0.15) is 17.0 Å². The third kappa shape index (κ3) is 6.66. The number of fused-ring (bicyclic) bond motifs is 9. The molecule has 0 saturated carbocycles. The van der Waals surface area contributed by atoms with Crippen LogP contribution in [0.5, 0.6) is 23.0 Å². The second-order valence-corrected chi connectivity index (χ2v) is 15.1. The Bertz CT molecular complexity index is 3520. The zero-order valence-electron chi connectivity index (χ0n) is 34.2. The summed E-state index contributed by atoms with van der Waals surface area (Å²) in [7, 11) is 0. The van der Waals surface area contributed by atoms with Crippen molar-refractivity contribution in [3.63, 3.8) is 0 Å². The smallest absolute Gasteiger partial charge is 0.509 e.